The molecule has 1 aliphatic heterocycles. The van der Waals surface area contributed by atoms with E-state index in [1.165, 1.54) is 0 Å². The van der Waals surface area contributed by atoms with E-state index in [4.69, 9.17) is 11.6 Å². The van der Waals surface area contributed by atoms with Gasteiger partial charge in [0, 0.05) is 12.4 Å². The Morgan fingerprint density at radius 2 is 2.06 bits per heavy atom. The second kappa shape index (κ2) is 3.39. The van der Waals surface area contributed by atoms with Crippen LogP contribution in [0.4, 0.5) is 0 Å². The summed E-state index contributed by atoms with van der Waals surface area (Å²) in [6.45, 7) is 0. The molecule has 0 aliphatic carbocycles. The molecule has 1 aromatic carbocycles. The highest BCUT2D eigenvalue weighted by Crippen LogP contribution is 2.32. The van der Waals surface area contributed by atoms with Gasteiger partial charge in [-0.1, -0.05) is 41.9 Å². The molecule has 1 aliphatic rings. The molecule has 0 saturated heterocycles. The topological polar surface area (TPSA) is 29.9 Å². The van der Waals surface area contributed by atoms with Crippen molar-refractivity contribution in [2.24, 2.45) is 0 Å². The van der Waals surface area contributed by atoms with E-state index < -0.39 is 5.00 Å². The molecule has 1 unspecified atom stereocenters. The molecule has 2 heterocycles. The maximum atomic E-state index is 6.54. The van der Waals surface area contributed by atoms with Crippen molar-refractivity contribution in [1.82, 2.24) is 9.66 Å². The van der Waals surface area contributed by atoms with Gasteiger partial charge in [-0.05, 0) is 17.7 Å². The van der Waals surface area contributed by atoms with Crippen LogP contribution in [0.15, 0.2) is 48.8 Å². The largest absolute Gasteiger partial charge is 0.296 e. The minimum absolute atomic E-state index is 0.699. The first-order chi connectivity index (χ1) is 7.78. The van der Waals surface area contributed by atoms with E-state index in [1.807, 2.05) is 53.4 Å². The summed E-state index contributed by atoms with van der Waals surface area (Å²) in [7, 11) is 0. The van der Waals surface area contributed by atoms with E-state index in [-0.39, 0.29) is 0 Å². The van der Waals surface area contributed by atoms with Crippen molar-refractivity contribution < 1.29 is 0 Å². The molecule has 0 saturated carbocycles. The third-order valence-electron chi connectivity index (χ3n) is 2.61. The SMILES string of the molecule is ClC1(c2ccccc2)C=Cc2nccn2N1. The molecule has 0 spiro atoms. The molecule has 16 heavy (non-hydrogen) atoms. The molecule has 1 atom stereocenters. The van der Waals surface area contributed by atoms with Gasteiger partial charge in [-0.3, -0.25) is 5.43 Å². The third kappa shape index (κ3) is 1.41. The third-order valence-corrected chi connectivity index (χ3v) is 3.04. The van der Waals surface area contributed by atoms with Crippen molar-refractivity contribution in [2.45, 2.75) is 5.00 Å². The number of fused-ring (bicyclic) bond motifs is 1. The molecule has 2 aromatic rings. The number of rotatable bonds is 1. The van der Waals surface area contributed by atoms with Gasteiger partial charge in [-0.2, -0.15) is 0 Å². The van der Waals surface area contributed by atoms with Crippen molar-refractivity contribution in [2.75, 3.05) is 5.43 Å². The Labute approximate surface area is 98.3 Å². The van der Waals surface area contributed by atoms with Crippen molar-refractivity contribution >= 4 is 17.7 Å². The average Bonchev–Trinajstić information content (AvgIpc) is 2.77. The summed E-state index contributed by atoms with van der Waals surface area (Å²) in [5.74, 6) is 0.854. The Kier molecular flexibility index (Phi) is 2.01. The van der Waals surface area contributed by atoms with Crippen LogP contribution >= 0.6 is 11.6 Å². The van der Waals surface area contributed by atoms with Gasteiger partial charge in [0.2, 0.25) is 0 Å². The van der Waals surface area contributed by atoms with Crippen LogP contribution in [-0.4, -0.2) is 9.66 Å². The Bertz CT molecular complexity index is 532. The second-order valence-electron chi connectivity index (χ2n) is 3.68. The van der Waals surface area contributed by atoms with Gasteiger partial charge in [0.05, 0.1) is 0 Å². The zero-order chi connectivity index (χ0) is 11.0. The lowest BCUT2D eigenvalue weighted by molar-refractivity contribution is 0.697. The minimum atomic E-state index is -0.699. The first-order valence-corrected chi connectivity index (χ1v) is 5.41. The van der Waals surface area contributed by atoms with E-state index >= 15 is 0 Å². The number of nitrogens with zero attached hydrogens (tertiary/aromatic N) is 2. The van der Waals surface area contributed by atoms with Gasteiger partial charge < -0.3 is 0 Å². The summed E-state index contributed by atoms with van der Waals surface area (Å²) in [5.41, 5.74) is 4.21. The maximum Gasteiger partial charge on any atom is 0.170 e. The quantitative estimate of drug-likeness (QED) is 0.604. The number of imidazole rings is 1. The van der Waals surface area contributed by atoms with E-state index in [1.54, 1.807) is 6.20 Å². The highest BCUT2D eigenvalue weighted by atomic mass is 35.5. The number of nitrogens with one attached hydrogen (secondary N) is 1. The second-order valence-corrected chi connectivity index (χ2v) is 4.27. The molecule has 1 N–H and O–H groups in total. The lowest BCUT2D eigenvalue weighted by Gasteiger charge is -2.30. The Morgan fingerprint density at radius 3 is 2.88 bits per heavy atom. The fraction of sp³-hybridized carbons (Fsp3) is 0.0833. The molecule has 0 fully saturated rings. The standard InChI is InChI=1S/C12H10ClN3/c13-12(10-4-2-1-3-5-10)7-6-11-14-8-9-16(11)15-12/h1-9,15H. The lowest BCUT2D eigenvalue weighted by atomic mass is 10.1. The Morgan fingerprint density at radius 1 is 1.25 bits per heavy atom. The molecular formula is C12H10ClN3. The van der Waals surface area contributed by atoms with Crippen molar-refractivity contribution in [3.8, 4) is 0 Å². The Hall–Kier alpha value is -1.74. The number of hydrogen-bond acceptors (Lipinski definition) is 2. The fourth-order valence-corrected chi connectivity index (χ4v) is 2.06. The smallest absolute Gasteiger partial charge is 0.170 e. The molecule has 4 heteroatoms. The molecular weight excluding hydrogens is 222 g/mol. The van der Waals surface area contributed by atoms with Crippen LogP contribution in [-0.2, 0) is 5.00 Å². The maximum absolute atomic E-state index is 6.54. The number of hydrogen-bond donors (Lipinski definition) is 1. The van der Waals surface area contributed by atoms with Crippen molar-refractivity contribution in [1.29, 1.82) is 0 Å². The molecule has 0 radical (unpaired) electrons. The zero-order valence-electron chi connectivity index (χ0n) is 8.47. The predicted molar refractivity (Wildman–Crippen MR) is 64.6 cm³/mol. The zero-order valence-corrected chi connectivity index (χ0v) is 9.22. The molecule has 3 nitrogen and oxygen atoms in total. The van der Waals surface area contributed by atoms with Crippen LogP contribution in [0.2, 0.25) is 0 Å². The summed E-state index contributed by atoms with van der Waals surface area (Å²) in [6, 6.07) is 9.90. The highest BCUT2D eigenvalue weighted by molar-refractivity contribution is 6.26. The highest BCUT2D eigenvalue weighted by Gasteiger charge is 2.29. The monoisotopic (exact) mass is 231 g/mol. The minimum Gasteiger partial charge on any atom is -0.296 e. The van der Waals surface area contributed by atoms with Crippen LogP contribution in [0.25, 0.3) is 6.08 Å². The summed E-state index contributed by atoms with van der Waals surface area (Å²) < 4.78 is 1.82. The van der Waals surface area contributed by atoms with Crippen LogP contribution in [0.3, 0.4) is 0 Å². The van der Waals surface area contributed by atoms with Gasteiger partial charge in [0.15, 0.2) is 10.8 Å². The average molecular weight is 232 g/mol. The van der Waals surface area contributed by atoms with Crippen LogP contribution in [0.5, 0.6) is 0 Å². The number of halogens is 1. The van der Waals surface area contributed by atoms with Gasteiger partial charge >= 0.3 is 0 Å². The summed E-state index contributed by atoms with van der Waals surface area (Å²) >= 11 is 6.54. The van der Waals surface area contributed by atoms with E-state index in [2.05, 4.69) is 10.4 Å². The van der Waals surface area contributed by atoms with Crippen molar-refractivity contribution in [3.05, 3.63) is 60.2 Å². The normalized spacial score (nSPS) is 22.6. The van der Waals surface area contributed by atoms with Crippen LogP contribution in [0, 0.1) is 0 Å². The molecule has 0 amide bonds. The van der Waals surface area contributed by atoms with Crippen LogP contribution in [0.1, 0.15) is 11.4 Å². The molecule has 0 bridgehead atoms. The van der Waals surface area contributed by atoms with E-state index in [9.17, 15) is 0 Å². The summed E-state index contributed by atoms with van der Waals surface area (Å²) in [6.07, 6.45) is 7.40. The van der Waals surface area contributed by atoms with Gasteiger partial charge in [0.1, 0.15) is 0 Å². The van der Waals surface area contributed by atoms with E-state index in [0.717, 1.165) is 11.4 Å². The first kappa shape index (κ1) is 9.48. The Balaban J connectivity index is 2.04. The number of benzene rings is 1. The molecule has 3 rings (SSSR count). The lowest BCUT2D eigenvalue weighted by Crippen LogP contribution is -2.36. The molecule has 1 aromatic heterocycles. The van der Waals surface area contributed by atoms with Gasteiger partial charge in [-0.25, -0.2) is 9.66 Å². The summed E-state index contributed by atoms with van der Waals surface area (Å²) in [5, 5.41) is 0. The van der Waals surface area contributed by atoms with Crippen molar-refractivity contribution in [3.63, 3.8) is 0 Å². The van der Waals surface area contributed by atoms with Gasteiger partial charge in [-0.15, -0.1) is 0 Å². The summed E-state index contributed by atoms with van der Waals surface area (Å²) in [4.78, 5) is 3.47. The van der Waals surface area contributed by atoms with Gasteiger partial charge in [0.25, 0.3) is 0 Å². The number of alkyl halides is 1. The first-order valence-electron chi connectivity index (χ1n) is 5.03. The predicted octanol–water partition coefficient (Wildman–Crippen LogP) is 2.55. The fourth-order valence-electron chi connectivity index (χ4n) is 1.78. The van der Waals surface area contributed by atoms with E-state index in [0.29, 0.717) is 0 Å². The van der Waals surface area contributed by atoms with Crippen LogP contribution < -0.4 is 5.43 Å². The number of aromatic nitrogens is 2. The molecule has 80 valence electrons.